The molecule has 1 aliphatic heterocycles. The largest absolute Gasteiger partial charge is 0.490 e. The molecule has 0 atom stereocenters. The van der Waals surface area contributed by atoms with E-state index in [2.05, 4.69) is 0 Å². The van der Waals surface area contributed by atoms with Crippen LogP contribution >= 0.6 is 0 Å². The number of fused-ring (bicyclic) bond motifs is 1. The zero-order valence-electron chi connectivity index (χ0n) is 13.1. The monoisotopic (exact) mass is 348 g/mol. The third-order valence-corrected chi connectivity index (χ3v) is 3.56. The quantitative estimate of drug-likeness (QED) is 0.627. The van der Waals surface area contributed by atoms with Crippen molar-refractivity contribution in [1.29, 1.82) is 0 Å². The molecule has 1 aliphatic rings. The van der Waals surface area contributed by atoms with E-state index in [1.54, 1.807) is 12.1 Å². The highest BCUT2D eigenvalue weighted by Crippen LogP contribution is 2.30. The first kappa shape index (κ1) is 16.9. The summed E-state index contributed by atoms with van der Waals surface area (Å²) in [5.74, 6) is -2.60. The average Bonchev–Trinajstić information content (AvgIpc) is 2.86. The molecule has 0 saturated heterocycles. The maximum atomic E-state index is 13.1. The smallest absolute Gasteiger partial charge is 0.338 e. The molecule has 1 heterocycles. The number of ether oxygens (including phenoxy) is 3. The van der Waals surface area contributed by atoms with Crippen molar-refractivity contribution >= 4 is 11.8 Å². The highest BCUT2D eigenvalue weighted by Gasteiger charge is 2.17. The molecule has 3 rings (SSSR count). The summed E-state index contributed by atoms with van der Waals surface area (Å²) >= 11 is 0. The van der Waals surface area contributed by atoms with Gasteiger partial charge in [0.25, 0.3) is 0 Å². The summed E-state index contributed by atoms with van der Waals surface area (Å²) in [6, 6.07) is 7.30. The summed E-state index contributed by atoms with van der Waals surface area (Å²) in [6.45, 7) is 0.485. The van der Waals surface area contributed by atoms with Crippen LogP contribution in [0.1, 0.15) is 27.1 Å². The van der Waals surface area contributed by atoms with Crippen LogP contribution in [-0.2, 0) is 4.74 Å². The standard InChI is InChI=1S/C18H14F2O5/c19-13-4-2-12(8-14(13)20)18(22)25-10-15(21)11-3-5-16-17(9-11)24-7-1-6-23-16/h2-5,8-9H,1,6-7,10H2. The summed E-state index contributed by atoms with van der Waals surface area (Å²) in [6.07, 6.45) is 0.740. The number of benzene rings is 2. The van der Waals surface area contributed by atoms with Crippen molar-refractivity contribution in [2.75, 3.05) is 19.8 Å². The second-order valence-corrected chi connectivity index (χ2v) is 5.34. The molecule has 0 amide bonds. The number of carbonyl (C=O) groups is 2. The molecule has 25 heavy (non-hydrogen) atoms. The van der Waals surface area contributed by atoms with Gasteiger partial charge in [-0.2, -0.15) is 0 Å². The molecule has 7 heteroatoms. The fraction of sp³-hybridized carbons (Fsp3) is 0.222. The summed E-state index contributed by atoms with van der Waals surface area (Å²) in [7, 11) is 0. The van der Waals surface area contributed by atoms with E-state index in [1.807, 2.05) is 0 Å². The van der Waals surface area contributed by atoms with E-state index in [-0.39, 0.29) is 5.56 Å². The number of halogens is 2. The maximum Gasteiger partial charge on any atom is 0.338 e. The van der Waals surface area contributed by atoms with Crippen LogP contribution in [0.2, 0.25) is 0 Å². The van der Waals surface area contributed by atoms with Gasteiger partial charge < -0.3 is 14.2 Å². The molecular formula is C18H14F2O5. The third-order valence-electron chi connectivity index (χ3n) is 3.56. The number of ketones is 1. The molecule has 0 bridgehead atoms. The fourth-order valence-electron chi connectivity index (χ4n) is 2.26. The minimum atomic E-state index is -1.16. The van der Waals surface area contributed by atoms with E-state index in [1.165, 1.54) is 6.07 Å². The molecule has 0 spiro atoms. The molecule has 0 N–H and O–H groups in total. The van der Waals surface area contributed by atoms with Crippen molar-refractivity contribution in [2.45, 2.75) is 6.42 Å². The summed E-state index contributed by atoms with van der Waals surface area (Å²) < 4.78 is 41.8. The van der Waals surface area contributed by atoms with Crippen molar-refractivity contribution in [3.05, 3.63) is 59.2 Å². The van der Waals surface area contributed by atoms with Gasteiger partial charge in [0.15, 0.2) is 35.5 Å². The zero-order valence-corrected chi connectivity index (χ0v) is 13.1. The van der Waals surface area contributed by atoms with E-state index in [9.17, 15) is 18.4 Å². The van der Waals surface area contributed by atoms with Crippen LogP contribution in [0.25, 0.3) is 0 Å². The molecule has 0 radical (unpaired) electrons. The predicted molar refractivity (Wildman–Crippen MR) is 83.0 cm³/mol. The topological polar surface area (TPSA) is 61.8 Å². The van der Waals surface area contributed by atoms with Gasteiger partial charge in [-0.15, -0.1) is 0 Å². The van der Waals surface area contributed by atoms with Crippen LogP contribution in [0.5, 0.6) is 11.5 Å². The highest BCUT2D eigenvalue weighted by molar-refractivity contribution is 5.99. The van der Waals surface area contributed by atoms with E-state index >= 15 is 0 Å². The minimum Gasteiger partial charge on any atom is -0.490 e. The fourth-order valence-corrected chi connectivity index (χ4v) is 2.26. The minimum absolute atomic E-state index is 0.176. The predicted octanol–water partition coefficient (Wildman–Crippen LogP) is 3.17. The first-order valence-corrected chi connectivity index (χ1v) is 7.59. The molecule has 0 aliphatic carbocycles. The second-order valence-electron chi connectivity index (χ2n) is 5.34. The van der Waals surface area contributed by atoms with E-state index in [0.717, 1.165) is 24.6 Å². The molecule has 0 unspecified atom stereocenters. The van der Waals surface area contributed by atoms with Gasteiger partial charge in [-0.05, 0) is 36.4 Å². The molecular weight excluding hydrogens is 334 g/mol. The Morgan fingerprint density at radius 3 is 2.40 bits per heavy atom. The summed E-state index contributed by atoms with van der Waals surface area (Å²) in [4.78, 5) is 24.0. The molecule has 0 fully saturated rings. The molecule has 5 nitrogen and oxygen atoms in total. The number of rotatable bonds is 4. The number of Topliss-reactive ketones (excluding diaryl/α,β-unsaturated/α-hetero) is 1. The van der Waals surface area contributed by atoms with Crippen LogP contribution in [0.15, 0.2) is 36.4 Å². The van der Waals surface area contributed by atoms with Gasteiger partial charge in [0.1, 0.15) is 0 Å². The Labute approximate surface area is 142 Å². The lowest BCUT2D eigenvalue weighted by molar-refractivity contribution is 0.0474. The molecule has 0 saturated carbocycles. The van der Waals surface area contributed by atoms with Crippen LogP contribution in [0.4, 0.5) is 8.78 Å². The van der Waals surface area contributed by atoms with Gasteiger partial charge in [-0.1, -0.05) is 0 Å². The van der Waals surface area contributed by atoms with Gasteiger partial charge in [0, 0.05) is 12.0 Å². The average molecular weight is 348 g/mol. The molecule has 0 aromatic heterocycles. The third kappa shape index (κ3) is 3.93. The van der Waals surface area contributed by atoms with Crippen LogP contribution < -0.4 is 9.47 Å². The number of hydrogen-bond donors (Lipinski definition) is 0. The Hall–Kier alpha value is -2.96. The van der Waals surface area contributed by atoms with Crippen LogP contribution in [-0.4, -0.2) is 31.6 Å². The normalized spacial score (nSPS) is 13.0. The molecule has 130 valence electrons. The van der Waals surface area contributed by atoms with Crippen molar-refractivity contribution in [3.8, 4) is 11.5 Å². The lowest BCUT2D eigenvalue weighted by Gasteiger charge is -2.09. The van der Waals surface area contributed by atoms with Crippen molar-refractivity contribution in [2.24, 2.45) is 0 Å². The number of esters is 1. The first-order chi connectivity index (χ1) is 12.0. The van der Waals surface area contributed by atoms with E-state index in [0.29, 0.717) is 30.3 Å². The first-order valence-electron chi connectivity index (χ1n) is 7.59. The van der Waals surface area contributed by atoms with Gasteiger partial charge >= 0.3 is 5.97 Å². The Kier molecular flexibility index (Phi) is 4.92. The van der Waals surface area contributed by atoms with Crippen LogP contribution in [0, 0.1) is 11.6 Å². The van der Waals surface area contributed by atoms with Gasteiger partial charge in [0.05, 0.1) is 18.8 Å². The van der Waals surface area contributed by atoms with Gasteiger partial charge in [-0.25, -0.2) is 13.6 Å². The van der Waals surface area contributed by atoms with Crippen molar-refractivity contribution in [3.63, 3.8) is 0 Å². The summed E-state index contributed by atoms with van der Waals surface area (Å²) in [5, 5.41) is 0. The molecule has 2 aromatic rings. The highest BCUT2D eigenvalue weighted by atomic mass is 19.2. The van der Waals surface area contributed by atoms with Crippen molar-refractivity contribution in [1.82, 2.24) is 0 Å². The Balaban J connectivity index is 1.65. The lowest BCUT2D eigenvalue weighted by Crippen LogP contribution is -2.14. The Bertz CT molecular complexity index is 819. The molecule has 2 aromatic carbocycles. The van der Waals surface area contributed by atoms with E-state index < -0.39 is 30.0 Å². The van der Waals surface area contributed by atoms with Crippen LogP contribution in [0.3, 0.4) is 0 Å². The SMILES string of the molecule is O=C(COC(=O)c1ccc(F)c(F)c1)c1ccc2c(c1)OCCCO2. The van der Waals surface area contributed by atoms with Gasteiger partial charge in [0.2, 0.25) is 0 Å². The lowest BCUT2D eigenvalue weighted by atomic mass is 10.1. The van der Waals surface area contributed by atoms with Crippen molar-refractivity contribution < 1.29 is 32.6 Å². The van der Waals surface area contributed by atoms with Gasteiger partial charge in [-0.3, -0.25) is 4.79 Å². The summed E-state index contributed by atoms with van der Waals surface area (Å²) in [5.41, 5.74) is 0.118. The zero-order chi connectivity index (χ0) is 17.8. The van der Waals surface area contributed by atoms with E-state index in [4.69, 9.17) is 14.2 Å². The maximum absolute atomic E-state index is 13.1. The Morgan fingerprint density at radius 1 is 0.920 bits per heavy atom. The second kappa shape index (κ2) is 7.29. The Morgan fingerprint density at radius 2 is 1.64 bits per heavy atom. The number of hydrogen-bond acceptors (Lipinski definition) is 5. The number of carbonyl (C=O) groups excluding carboxylic acids is 2.